The van der Waals surface area contributed by atoms with E-state index in [1.807, 2.05) is 26.0 Å². The number of hydrogen-bond donors (Lipinski definition) is 3. The lowest BCUT2D eigenvalue weighted by Crippen LogP contribution is -2.06. The number of hydrogen-bond acceptors (Lipinski definition) is 3. The fourth-order valence-electron chi connectivity index (χ4n) is 2.01. The number of phenols is 1. The molecule has 0 unspecified atom stereocenters. The summed E-state index contributed by atoms with van der Waals surface area (Å²) in [6.45, 7) is 3.76. The predicted octanol–water partition coefficient (Wildman–Crippen LogP) is 2.08. The Labute approximate surface area is 104 Å². The zero-order valence-corrected chi connectivity index (χ0v) is 10.1. The van der Waals surface area contributed by atoms with E-state index >= 15 is 0 Å². The molecule has 0 atom stereocenters. The monoisotopic (exact) mass is 246 g/mol. The fourth-order valence-corrected chi connectivity index (χ4v) is 2.01. The molecule has 0 amide bonds. The summed E-state index contributed by atoms with van der Waals surface area (Å²) < 4.78 is 1.78. The van der Waals surface area contributed by atoms with Gasteiger partial charge in [0, 0.05) is 23.1 Å². The van der Waals surface area contributed by atoms with E-state index in [1.165, 1.54) is 12.1 Å². The fraction of sp³-hybridized carbons (Fsp3) is 0.154. The first-order valence-corrected chi connectivity index (χ1v) is 5.43. The van der Waals surface area contributed by atoms with Crippen LogP contribution in [-0.2, 0) is 0 Å². The lowest BCUT2D eigenvalue weighted by molar-refractivity contribution is 0.0698. The Kier molecular flexibility index (Phi) is 2.74. The Bertz CT molecular complexity index is 610. The van der Waals surface area contributed by atoms with Crippen molar-refractivity contribution in [3.63, 3.8) is 0 Å². The molecule has 1 aromatic heterocycles. The highest BCUT2D eigenvalue weighted by atomic mass is 16.4. The number of carbonyl (C=O) groups is 1. The average molecular weight is 246 g/mol. The molecule has 0 saturated carbocycles. The number of rotatable bonds is 2. The number of carboxylic acids is 1. The zero-order chi connectivity index (χ0) is 13.4. The number of aromatic carboxylic acids is 1. The Morgan fingerprint density at radius 3 is 2.28 bits per heavy atom. The lowest BCUT2D eigenvalue weighted by Gasteiger charge is -2.13. The molecule has 0 bridgehead atoms. The van der Waals surface area contributed by atoms with E-state index in [-0.39, 0.29) is 17.0 Å². The molecule has 5 heteroatoms. The quantitative estimate of drug-likeness (QED) is 0.708. The van der Waals surface area contributed by atoms with Gasteiger partial charge in [-0.05, 0) is 32.0 Å². The van der Waals surface area contributed by atoms with Crippen LogP contribution < -0.4 is 5.73 Å². The number of nitrogens with two attached hydrogens (primary N) is 1. The highest BCUT2D eigenvalue weighted by Gasteiger charge is 2.15. The van der Waals surface area contributed by atoms with E-state index < -0.39 is 5.97 Å². The van der Waals surface area contributed by atoms with Crippen molar-refractivity contribution in [1.82, 2.24) is 4.57 Å². The van der Waals surface area contributed by atoms with Gasteiger partial charge in [-0.15, -0.1) is 0 Å². The first kappa shape index (κ1) is 12.0. The number of aromatic nitrogens is 1. The molecule has 4 N–H and O–H groups in total. The molecular weight excluding hydrogens is 232 g/mol. The van der Waals surface area contributed by atoms with Crippen LogP contribution >= 0.6 is 0 Å². The van der Waals surface area contributed by atoms with Crippen LogP contribution in [0.5, 0.6) is 5.75 Å². The molecule has 0 aliphatic rings. The molecule has 2 rings (SSSR count). The Balaban J connectivity index is 2.72. The molecule has 0 saturated heterocycles. The number of benzene rings is 1. The molecule has 5 nitrogen and oxygen atoms in total. The number of phenolic OH excluding ortho intramolecular Hbond substituents is 1. The van der Waals surface area contributed by atoms with Gasteiger partial charge in [0.1, 0.15) is 5.75 Å². The number of aryl methyl sites for hydroxylation is 2. The maximum Gasteiger partial charge on any atom is 0.337 e. The second kappa shape index (κ2) is 4.10. The maximum absolute atomic E-state index is 11.1. The van der Waals surface area contributed by atoms with Gasteiger partial charge in [0.2, 0.25) is 0 Å². The van der Waals surface area contributed by atoms with Crippen LogP contribution in [0.25, 0.3) is 5.69 Å². The minimum Gasteiger partial charge on any atom is -0.506 e. The molecule has 2 aromatic rings. The smallest absolute Gasteiger partial charge is 0.337 e. The summed E-state index contributed by atoms with van der Waals surface area (Å²) >= 11 is 0. The van der Waals surface area contributed by atoms with Crippen molar-refractivity contribution in [1.29, 1.82) is 0 Å². The molecule has 0 spiro atoms. The van der Waals surface area contributed by atoms with Gasteiger partial charge in [-0.25, -0.2) is 4.79 Å². The van der Waals surface area contributed by atoms with Crippen molar-refractivity contribution in [3.8, 4) is 11.4 Å². The Hall–Kier alpha value is -2.43. The summed E-state index contributed by atoms with van der Waals surface area (Å²) in [4.78, 5) is 11.1. The normalized spacial score (nSPS) is 10.6. The summed E-state index contributed by atoms with van der Waals surface area (Å²) in [5.41, 5.74) is 7.83. The van der Waals surface area contributed by atoms with Crippen LogP contribution in [0.4, 0.5) is 5.69 Å². The molecule has 0 aliphatic heterocycles. The standard InChI is InChI=1S/C13H14N2O3/c1-7-3-4-8(2)15(7)11-5-9(13(17)18)10(14)6-12(11)16/h3-6,16H,14H2,1-2H3,(H,17,18). The van der Waals surface area contributed by atoms with Crippen molar-refractivity contribution in [2.75, 3.05) is 5.73 Å². The van der Waals surface area contributed by atoms with Crippen LogP contribution in [0.1, 0.15) is 21.7 Å². The van der Waals surface area contributed by atoms with Crippen LogP contribution in [0, 0.1) is 13.8 Å². The number of nitrogens with zero attached hydrogens (tertiary/aromatic N) is 1. The summed E-state index contributed by atoms with van der Waals surface area (Å²) in [5, 5.41) is 19.0. The van der Waals surface area contributed by atoms with Crippen molar-refractivity contribution in [2.45, 2.75) is 13.8 Å². The van der Waals surface area contributed by atoms with Gasteiger partial charge in [-0.3, -0.25) is 0 Å². The molecule has 1 aromatic carbocycles. The first-order valence-electron chi connectivity index (χ1n) is 5.43. The zero-order valence-electron chi connectivity index (χ0n) is 10.1. The van der Waals surface area contributed by atoms with Crippen LogP contribution in [0.3, 0.4) is 0 Å². The second-order valence-corrected chi connectivity index (χ2v) is 4.18. The maximum atomic E-state index is 11.1. The third-order valence-corrected chi connectivity index (χ3v) is 2.89. The summed E-state index contributed by atoms with van der Waals surface area (Å²) in [6.07, 6.45) is 0. The summed E-state index contributed by atoms with van der Waals surface area (Å²) in [7, 11) is 0. The van der Waals surface area contributed by atoms with E-state index in [1.54, 1.807) is 4.57 Å². The molecule has 0 fully saturated rings. The van der Waals surface area contributed by atoms with E-state index in [2.05, 4.69) is 0 Å². The van der Waals surface area contributed by atoms with Crippen molar-refractivity contribution < 1.29 is 15.0 Å². The van der Waals surface area contributed by atoms with Crippen LogP contribution in [0.15, 0.2) is 24.3 Å². The van der Waals surface area contributed by atoms with Gasteiger partial charge in [0.25, 0.3) is 0 Å². The predicted molar refractivity (Wildman–Crippen MR) is 68.3 cm³/mol. The van der Waals surface area contributed by atoms with E-state index in [9.17, 15) is 9.90 Å². The van der Waals surface area contributed by atoms with Gasteiger partial charge in [0.05, 0.1) is 11.3 Å². The molecule has 94 valence electrons. The largest absolute Gasteiger partial charge is 0.506 e. The number of nitrogen functional groups attached to an aromatic ring is 1. The number of carboxylic acid groups (broad SMARTS) is 1. The minimum atomic E-state index is -1.11. The summed E-state index contributed by atoms with van der Waals surface area (Å²) in [5.74, 6) is -1.16. The van der Waals surface area contributed by atoms with E-state index in [0.717, 1.165) is 11.4 Å². The van der Waals surface area contributed by atoms with Gasteiger partial charge in [-0.1, -0.05) is 0 Å². The molecule has 0 aliphatic carbocycles. The highest BCUT2D eigenvalue weighted by molar-refractivity contribution is 5.95. The second-order valence-electron chi connectivity index (χ2n) is 4.18. The number of anilines is 1. The topological polar surface area (TPSA) is 88.5 Å². The molecular formula is C13H14N2O3. The number of aromatic hydroxyl groups is 1. The Morgan fingerprint density at radius 1 is 1.22 bits per heavy atom. The Morgan fingerprint density at radius 2 is 1.78 bits per heavy atom. The third kappa shape index (κ3) is 1.79. The van der Waals surface area contributed by atoms with Crippen LogP contribution in [-0.4, -0.2) is 20.7 Å². The van der Waals surface area contributed by atoms with Crippen LogP contribution in [0.2, 0.25) is 0 Å². The average Bonchev–Trinajstić information content (AvgIpc) is 2.59. The molecule has 18 heavy (non-hydrogen) atoms. The summed E-state index contributed by atoms with van der Waals surface area (Å²) in [6, 6.07) is 6.43. The van der Waals surface area contributed by atoms with Gasteiger partial charge in [-0.2, -0.15) is 0 Å². The lowest BCUT2D eigenvalue weighted by atomic mass is 10.1. The van der Waals surface area contributed by atoms with Gasteiger partial charge < -0.3 is 20.5 Å². The third-order valence-electron chi connectivity index (χ3n) is 2.89. The molecule has 1 heterocycles. The first-order chi connectivity index (χ1) is 8.41. The minimum absolute atomic E-state index is 0.0182. The van der Waals surface area contributed by atoms with Crippen molar-refractivity contribution in [2.24, 2.45) is 0 Å². The van der Waals surface area contributed by atoms with E-state index in [4.69, 9.17) is 10.8 Å². The van der Waals surface area contributed by atoms with Gasteiger partial charge in [0.15, 0.2) is 0 Å². The SMILES string of the molecule is Cc1ccc(C)n1-c1cc(C(=O)O)c(N)cc1O. The van der Waals surface area contributed by atoms with Crippen molar-refractivity contribution in [3.05, 3.63) is 41.2 Å². The van der Waals surface area contributed by atoms with Gasteiger partial charge >= 0.3 is 5.97 Å². The van der Waals surface area contributed by atoms with Crippen molar-refractivity contribution >= 4 is 11.7 Å². The van der Waals surface area contributed by atoms with E-state index in [0.29, 0.717) is 5.69 Å². The highest BCUT2D eigenvalue weighted by Crippen LogP contribution is 2.30. The molecule has 0 radical (unpaired) electrons.